The van der Waals surface area contributed by atoms with Crippen LogP contribution in [0.4, 0.5) is 5.69 Å². The van der Waals surface area contributed by atoms with E-state index in [0.29, 0.717) is 0 Å². The second-order valence-corrected chi connectivity index (χ2v) is 6.55. The van der Waals surface area contributed by atoms with Crippen LogP contribution in [0, 0.1) is 0 Å². The normalized spacial score (nSPS) is 16.6. The van der Waals surface area contributed by atoms with Crippen molar-refractivity contribution in [2.75, 3.05) is 18.9 Å². The van der Waals surface area contributed by atoms with Crippen LogP contribution in [-0.2, 0) is 12.4 Å². The lowest BCUT2D eigenvalue weighted by Crippen LogP contribution is -2.98. The van der Waals surface area contributed by atoms with Gasteiger partial charge in [-0.1, -0.05) is 18.2 Å². The average Bonchev–Trinajstić information content (AvgIpc) is 3.26. The van der Waals surface area contributed by atoms with Gasteiger partial charge in [0.15, 0.2) is 0 Å². The molecule has 0 saturated carbocycles. The zero-order chi connectivity index (χ0) is 17.5. The molecule has 0 radical (unpaired) electrons. The highest BCUT2D eigenvalue weighted by Crippen LogP contribution is 2.12. The van der Waals surface area contributed by atoms with Crippen molar-refractivity contribution < 1.29 is 9.47 Å². The maximum Gasteiger partial charge on any atom is 0.244 e. The Morgan fingerprint density at radius 1 is 1.24 bits per heavy atom. The minimum absolute atomic E-state index is 0.720. The number of benzene rings is 1. The van der Waals surface area contributed by atoms with Crippen molar-refractivity contribution >= 4 is 24.4 Å². The molecule has 1 aromatic heterocycles. The van der Waals surface area contributed by atoms with Crippen molar-refractivity contribution in [1.82, 2.24) is 4.57 Å². The number of rotatable bonds is 8. The molecule has 5 heteroatoms. The minimum Gasteiger partial charge on any atom is -0.385 e. The molecule has 0 bridgehead atoms. The van der Waals surface area contributed by atoms with Crippen LogP contribution < -0.4 is 14.8 Å². The Balaban J connectivity index is 1.42. The molecule has 25 heavy (non-hydrogen) atoms. The molecular weight excluding hydrogens is 328 g/mol. The number of quaternary nitrogens is 1. The lowest BCUT2D eigenvalue weighted by molar-refractivity contribution is -0.763. The number of anilines is 1. The SMILES string of the molecule is C[NH+]1C=CC(/C=C/c2ccc(NCCCn3cc[n+](CS)c3)cc2)=C1. The highest BCUT2D eigenvalue weighted by atomic mass is 32.1. The van der Waals surface area contributed by atoms with Gasteiger partial charge in [-0.25, -0.2) is 9.13 Å². The van der Waals surface area contributed by atoms with E-state index in [9.17, 15) is 0 Å². The quantitative estimate of drug-likeness (QED) is 0.378. The van der Waals surface area contributed by atoms with E-state index < -0.39 is 0 Å². The number of aromatic nitrogens is 2. The number of hydrogen-bond donors (Lipinski definition) is 3. The Bertz CT molecular complexity index is 771. The number of nitrogens with one attached hydrogen (secondary N) is 2. The molecule has 4 nitrogen and oxygen atoms in total. The summed E-state index contributed by atoms with van der Waals surface area (Å²) in [5, 5.41) is 3.48. The zero-order valence-corrected chi connectivity index (χ0v) is 15.5. The highest BCUT2D eigenvalue weighted by molar-refractivity contribution is 7.78. The molecule has 0 aliphatic carbocycles. The van der Waals surface area contributed by atoms with Crippen molar-refractivity contribution in [2.24, 2.45) is 0 Å². The fraction of sp³-hybridized carbons (Fsp3) is 0.250. The van der Waals surface area contributed by atoms with E-state index >= 15 is 0 Å². The van der Waals surface area contributed by atoms with Crippen LogP contribution in [0.3, 0.4) is 0 Å². The Labute approximate surface area is 155 Å². The molecule has 130 valence electrons. The molecule has 0 saturated heterocycles. The van der Waals surface area contributed by atoms with E-state index in [1.165, 1.54) is 21.7 Å². The van der Waals surface area contributed by atoms with E-state index in [0.717, 1.165) is 25.4 Å². The van der Waals surface area contributed by atoms with E-state index in [2.05, 4.69) is 102 Å². The van der Waals surface area contributed by atoms with Gasteiger partial charge >= 0.3 is 0 Å². The predicted octanol–water partition coefficient (Wildman–Crippen LogP) is 2.10. The van der Waals surface area contributed by atoms with Gasteiger partial charge in [0.1, 0.15) is 24.5 Å². The monoisotopic (exact) mass is 354 g/mol. The Hall–Kier alpha value is -2.24. The largest absolute Gasteiger partial charge is 0.385 e. The van der Waals surface area contributed by atoms with Gasteiger partial charge in [0.2, 0.25) is 6.33 Å². The maximum absolute atomic E-state index is 4.26. The summed E-state index contributed by atoms with van der Waals surface area (Å²) in [6, 6.07) is 8.58. The standard InChI is InChI=1S/C20H24N4S/c1-22-12-9-19(15-22)4-3-18-5-7-20(8-6-18)21-10-2-11-23-13-14-24(16-23)17-25/h3-9,12-16,21H,2,10-11,17H2,1H3/p+2/b4-3+. The van der Waals surface area contributed by atoms with Crippen LogP contribution in [0.15, 0.2) is 73.1 Å². The van der Waals surface area contributed by atoms with Crippen molar-refractivity contribution in [3.05, 3.63) is 78.7 Å². The molecule has 2 aromatic rings. The summed E-state index contributed by atoms with van der Waals surface area (Å²) in [7, 11) is 2.12. The first-order valence-electron chi connectivity index (χ1n) is 8.64. The van der Waals surface area contributed by atoms with Gasteiger partial charge in [0.25, 0.3) is 0 Å². The van der Waals surface area contributed by atoms with Gasteiger partial charge in [-0.3, -0.25) is 4.90 Å². The predicted molar refractivity (Wildman–Crippen MR) is 106 cm³/mol. The smallest absolute Gasteiger partial charge is 0.244 e. The van der Waals surface area contributed by atoms with Crippen LogP contribution in [0.5, 0.6) is 0 Å². The third-order valence-corrected chi connectivity index (χ3v) is 4.47. The number of nitrogens with zero attached hydrogens (tertiary/aromatic N) is 2. The highest BCUT2D eigenvalue weighted by Gasteiger charge is 2.03. The van der Waals surface area contributed by atoms with Gasteiger partial charge in [0.05, 0.1) is 19.8 Å². The summed E-state index contributed by atoms with van der Waals surface area (Å²) in [6.07, 6.45) is 18.1. The van der Waals surface area contributed by atoms with E-state index in [1.54, 1.807) is 0 Å². The molecule has 0 amide bonds. The Kier molecular flexibility index (Phi) is 6.14. The molecule has 1 aromatic carbocycles. The molecule has 1 aliphatic heterocycles. The lowest BCUT2D eigenvalue weighted by Gasteiger charge is -2.05. The van der Waals surface area contributed by atoms with Gasteiger partial charge in [-0.05, 0) is 23.8 Å². The van der Waals surface area contributed by atoms with Gasteiger partial charge < -0.3 is 5.32 Å². The Morgan fingerprint density at radius 3 is 2.76 bits per heavy atom. The third-order valence-electron chi connectivity index (χ3n) is 4.14. The number of allylic oxidation sites excluding steroid dienone is 3. The molecule has 1 unspecified atom stereocenters. The van der Waals surface area contributed by atoms with E-state index in [4.69, 9.17) is 0 Å². The van der Waals surface area contributed by atoms with Crippen LogP contribution in [0.1, 0.15) is 12.0 Å². The molecule has 1 atom stereocenters. The van der Waals surface area contributed by atoms with Crippen molar-refractivity contribution in [3.8, 4) is 0 Å². The molecule has 0 spiro atoms. The van der Waals surface area contributed by atoms with Crippen molar-refractivity contribution in [1.29, 1.82) is 0 Å². The summed E-state index contributed by atoms with van der Waals surface area (Å²) in [6.45, 7) is 1.97. The number of imidazole rings is 1. The van der Waals surface area contributed by atoms with Crippen LogP contribution in [0.2, 0.25) is 0 Å². The molecule has 0 fully saturated rings. The summed E-state index contributed by atoms with van der Waals surface area (Å²) in [5.74, 6) is 0.720. The van der Waals surface area contributed by atoms with Crippen molar-refractivity contribution in [3.63, 3.8) is 0 Å². The molecule has 1 aliphatic rings. The maximum atomic E-state index is 4.26. The zero-order valence-electron chi connectivity index (χ0n) is 14.6. The second kappa shape index (κ2) is 8.74. The summed E-state index contributed by atoms with van der Waals surface area (Å²) >= 11 is 4.26. The third kappa shape index (κ3) is 5.37. The summed E-state index contributed by atoms with van der Waals surface area (Å²) < 4.78 is 4.25. The first-order valence-corrected chi connectivity index (χ1v) is 9.27. The fourth-order valence-corrected chi connectivity index (χ4v) is 2.91. The summed E-state index contributed by atoms with van der Waals surface area (Å²) in [5.41, 5.74) is 3.64. The van der Waals surface area contributed by atoms with Crippen LogP contribution >= 0.6 is 12.6 Å². The lowest BCUT2D eigenvalue weighted by atomic mass is 10.1. The van der Waals surface area contributed by atoms with E-state index in [1.807, 2.05) is 6.20 Å². The Morgan fingerprint density at radius 2 is 2.08 bits per heavy atom. The molecule has 2 heterocycles. The molecular formula is C20H26N4S+2. The van der Waals surface area contributed by atoms with Gasteiger partial charge in [0, 0.05) is 30.3 Å². The van der Waals surface area contributed by atoms with Gasteiger partial charge in [-0.2, -0.15) is 0 Å². The average molecular weight is 355 g/mol. The first kappa shape index (κ1) is 17.6. The van der Waals surface area contributed by atoms with Crippen LogP contribution in [0.25, 0.3) is 6.08 Å². The minimum atomic E-state index is 0.720. The molecule has 2 N–H and O–H groups in total. The number of hydrogen-bond acceptors (Lipinski definition) is 2. The van der Waals surface area contributed by atoms with Crippen molar-refractivity contribution in [2.45, 2.75) is 18.8 Å². The van der Waals surface area contributed by atoms with E-state index in [-0.39, 0.29) is 0 Å². The fourth-order valence-electron chi connectivity index (χ4n) is 2.74. The molecule has 3 rings (SSSR count). The number of thiol groups is 1. The number of aryl methyl sites for hydroxylation is 1. The first-order chi connectivity index (χ1) is 12.2. The van der Waals surface area contributed by atoms with Crippen LogP contribution in [-0.4, -0.2) is 18.2 Å². The van der Waals surface area contributed by atoms with Gasteiger partial charge in [-0.15, -0.1) is 12.6 Å². The summed E-state index contributed by atoms with van der Waals surface area (Å²) in [4.78, 5) is 1.31. The second-order valence-electron chi connectivity index (χ2n) is 6.26. The topological polar surface area (TPSA) is 25.3 Å².